The molecule has 1 aliphatic carbocycles. The first-order valence-electron chi connectivity index (χ1n) is 9.95. The maximum atomic E-state index is 12.4. The molecule has 3 aliphatic rings. The number of fused-ring (bicyclic) bond motifs is 2. The highest BCUT2D eigenvalue weighted by Crippen LogP contribution is 2.35. The lowest BCUT2D eigenvalue weighted by Gasteiger charge is -2.44. The van der Waals surface area contributed by atoms with E-state index in [1.165, 1.54) is 50.0 Å². The van der Waals surface area contributed by atoms with Gasteiger partial charge >= 0.3 is 0 Å². The van der Waals surface area contributed by atoms with Gasteiger partial charge in [-0.3, -0.25) is 14.5 Å². The molecule has 4 rings (SSSR count). The summed E-state index contributed by atoms with van der Waals surface area (Å²) in [4.78, 5) is 28.9. The second-order valence-corrected chi connectivity index (χ2v) is 7.80. The minimum absolute atomic E-state index is 0.120. The average Bonchev–Trinajstić information content (AvgIpc) is 2.90. The number of likely N-dealkylation sites (tertiary alicyclic amines) is 1. The third-order valence-corrected chi connectivity index (χ3v) is 6.31. The minimum Gasteiger partial charge on any atom is -0.300 e. The fraction of sp³-hybridized carbons (Fsp3) is 0.619. The van der Waals surface area contributed by atoms with Crippen LogP contribution in [0.4, 0.5) is 0 Å². The summed E-state index contributed by atoms with van der Waals surface area (Å²) in [5.41, 5.74) is 1.13. The van der Waals surface area contributed by atoms with Gasteiger partial charge in [0.1, 0.15) is 0 Å². The molecule has 4 nitrogen and oxygen atoms in total. The zero-order valence-electron chi connectivity index (χ0n) is 15.0. The lowest BCUT2D eigenvalue weighted by Crippen LogP contribution is -2.47. The number of unbranched alkanes of at least 4 members (excludes halogenated alkanes) is 1. The molecule has 1 aromatic carbocycles. The van der Waals surface area contributed by atoms with Crippen molar-refractivity contribution in [1.29, 1.82) is 0 Å². The number of amides is 2. The van der Waals surface area contributed by atoms with Crippen LogP contribution in [0, 0.1) is 5.92 Å². The second-order valence-electron chi connectivity index (χ2n) is 7.80. The molecule has 2 amide bonds. The van der Waals surface area contributed by atoms with Gasteiger partial charge < -0.3 is 4.90 Å². The number of carbonyl (C=O) groups is 2. The number of piperidine rings is 1. The van der Waals surface area contributed by atoms with Crippen molar-refractivity contribution in [2.45, 2.75) is 57.4 Å². The van der Waals surface area contributed by atoms with Gasteiger partial charge in [-0.1, -0.05) is 25.0 Å². The van der Waals surface area contributed by atoms with E-state index in [0.717, 1.165) is 31.3 Å². The molecule has 25 heavy (non-hydrogen) atoms. The van der Waals surface area contributed by atoms with Crippen molar-refractivity contribution in [3.63, 3.8) is 0 Å². The first-order chi connectivity index (χ1) is 12.3. The number of carbonyl (C=O) groups excluding carboxylic acids is 2. The number of benzene rings is 1. The molecule has 2 aliphatic heterocycles. The molecular weight excluding hydrogens is 312 g/mol. The molecule has 0 N–H and O–H groups in total. The van der Waals surface area contributed by atoms with Crippen molar-refractivity contribution in [3.8, 4) is 0 Å². The summed E-state index contributed by atoms with van der Waals surface area (Å²) in [5, 5.41) is 0. The number of hydrogen-bond donors (Lipinski definition) is 0. The van der Waals surface area contributed by atoms with Crippen LogP contribution in [0.1, 0.15) is 72.1 Å². The van der Waals surface area contributed by atoms with Gasteiger partial charge in [0.05, 0.1) is 11.1 Å². The van der Waals surface area contributed by atoms with Gasteiger partial charge in [-0.25, -0.2) is 0 Å². The van der Waals surface area contributed by atoms with Gasteiger partial charge in [-0.15, -0.1) is 0 Å². The van der Waals surface area contributed by atoms with Gasteiger partial charge in [0.25, 0.3) is 11.8 Å². The van der Waals surface area contributed by atoms with Crippen molar-refractivity contribution < 1.29 is 9.59 Å². The average molecular weight is 340 g/mol. The molecule has 4 heteroatoms. The van der Waals surface area contributed by atoms with Gasteiger partial charge in [0.15, 0.2) is 0 Å². The molecule has 1 saturated heterocycles. The summed E-state index contributed by atoms with van der Waals surface area (Å²) in [7, 11) is 0. The summed E-state index contributed by atoms with van der Waals surface area (Å²) in [6, 6.07) is 7.95. The maximum absolute atomic E-state index is 12.4. The highest BCUT2D eigenvalue weighted by Gasteiger charge is 2.35. The smallest absolute Gasteiger partial charge is 0.261 e. The minimum atomic E-state index is -0.120. The number of rotatable bonds is 5. The van der Waals surface area contributed by atoms with E-state index in [-0.39, 0.29) is 11.8 Å². The fourth-order valence-corrected chi connectivity index (χ4v) is 5.03. The topological polar surface area (TPSA) is 40.6 Å². The standard InChI is InChI=1S/C21H28N2O2/c24-20-17-10-2-3-11-18(17)21(25)23(20)15-6-5-13-22-14-7-9-16-8-1-4-12-19(16)22/h2-3,10-11,16,19H,1,4-9,12-15H2/t16-,19+/m1/s1. The number of hydrogen-bond acceptors (Lipinski definition) is 3. The Bertz CT molecular complexity index is 620. The van der Waals surface area contributed by atoms with E-state index in [9.17, 15) is 9.59 Å². The Hall–Kier alpha value is -1.68. The van der Waals surface area contributed by atoms with Crippen LogP contribution < -0.4 is 0 Å². The summed E-state index contributed by atoms with van der Waals surface area (Å²) < 4.78 is 0. The quantitative estimate of drug-likeness (QED) is 0.606. The fourth-order valence-electron chi connectivity index (χ4n) is 5.03. The van der Waals surface area contributed by atoms with Crippen LogP contribution in [0.25, 0.3) is 0 Å². The van der Waals surface area contributed by atoms with Crippen LogP contribution in [-0.4, -0.2) is 47.3 Å². The predicted molar refractivity (Wildman–Crippen MR) is 97.6 cm³/mol. The Morgan fingerprint density at radius 1 is 0.840 bits per heavy atom. The molecule has 134 valence electrons. The first-order valence-corrected chi connectivity index (χ1v) is 9.95. The lowest BCUT2D eigenvalue weighted by atomic mass is 9.78. The molecule has 1 saturated carbocycles. The summed E-state index contributed by atoms with van der Waals surface area (Å²) in [6.45, 7) is 2.90. The Kier molecular flexibility index (Phi) is 4.89. The van der Waals surface area contributed by atoms with Crippen LogP contribution in [0.15, 0.2) is 24.3 Å². The van der Waals surface area contributed by atoms with Crippen molar-refractivity contribution in [2.24, 2.45) is 5.92 Å². The van der Waals surface area contributed by atoms with Crippen LogP contribution in [0.5, 0.6) is 0 Å². The van der Waals surface area contributed by atoms with E-state index in [2.05, 4.69) is 4.90 Å². The van der Waals surface area contributed by atoms with Crippen molar-refractivity contribution >= 4 is 11.8 Å². The van der Waals surface area contributed by atoms with Gasteiger partial charge in [-0.05, 0) is 69.7 Å². The zero-order chi connectivity index (χ0) is 17.2. The largest absolute Gasteiger partial charge is 0.300 e. The van der Waals surface area contributed by atoms with E-state index in [4.69, 9.17) is 0 Å². The molecular formula is C21H28N2O2. The normalized spacial score (nSPS) is 26.6. The second kappa shape index (κ2) is 7.28. The van der Waals surface area contributed by atoms with E-state index >= 15 is 0 Å². The number of imide groups is 1. The maximum Gasteiger partial charge on any atom is 0.261 e. The third-order valence-electron chi connectivity index (χ3n) is 6.31. The highest BCUT2D eigenvalue weighted by atomic mass is 16.2. The van der Waals surface area contributed by atoms with Crippen molar-refractivity contribution in [1.82, 2.24) is 9.80 Å². The zero-order valence-corrected chi connectivity index (χ0v) is 15.0. The molecule has 0 aromatic heterocycles. The van der Waals surface area contributed by atoms with Gasteiger partial charge in [0, 0.05) is 12.6 Å². The Morgan fingerprint density at radius 3 is 2.24 bits per heavy atom. The van der Waals surface area contributed by atoms with E-state index in [1.807, 2.05) is 12.1 Å². The Labute approximate surface area is 150 Å². The van der Waals surface area contributed by atoms with E-state index in [0.29, 0.717) is 17.7 Å². The molecule has 2 fully saturated rings. The molecule has 0 bridgehead atoms. The van der Waals surface area contributed by atoms with Crippen LogP contribution in [-0.2, 0) is 0 Å². The number of nitrogens with zero attached hydrogens (tertiary/aromatic N) is 2. The van der Waals surface area contributed by atoms with Crippen LogP contribution in [0.2, 0.25) is 0 Å². The molecule has 2 heterocycles. The molecule has 1 aromatic rings. The molecule has 0 radical (unpaired) electrons. The molecule has 2 atom stereocenters. The van der Waals surface area contributed by atoms with Crippen molar-refractivity contribution in [3.05, 3.63) is 35.4 Å². The monoisotopic (exact) mass is 340 g/mol. The molecule has 0 spiro atoms. The van der Waals surface area contributed by atoms with Crippen LogP contribution >= 0.6 is 0 Å². The summed E-state index contributed by atoms with van der Waals surface area (Å²) in [5.74, 6) is 0.676. The van der Waals surface area contributed by atoms with Crippen molar-refractivity contribution in [2.75, 3.05) is 19.6 Å². The summed E-state index contributed by atoms with van der Waals surface area (Å²) in [6.07, 6.45) is 10.3. The highest BCUT2D eigenvalue weighted by molar-refractivity contribution is 6.21. The Morgan fingerprint density at radius 2 is 1.48 bits per heavy atom. The molecule has 0 unspecified atom stereocenters. The first kappa shape index (κ1) is 16.8. The van der Waals surface area contributed by atoms with E-state index < -0.39 is 0 Å². The van der Waals surface area contributed by atoms with E-state index in [1.54, 1.807) is 12.1 Å². The Balaban J connectivity index is 1.27. The predicted octanol–water partition coefficient (Wildman–Crippen LogP) is 3.72. The summed E-state index contributed by atoms with van der Waals surface area (Å²) >= 11 is 0. The van der Waals surface area contributed by atoms with Crippen LogP contribution in [0.3, 0.4) is 0 Å². The lowest BCUT2D eigenvalue weighted by molar-refractivity contribution is 0.0567. The SMILES string of the molecule is O=C1c2ccccc2C(=O)N1CCCCN1CCC[C@H]2CCCC[C@@H]21. The third kappa shape index (κ3) is 3.24. The van der Waals surface area contributed by atoms with Gasteiger partial charge in [-0.2, -0.15) is 0 Å². The van der Waals surface area contributed by atoms with Gasteiger partial charge in [0.2, 0.25) is 0 Å².